The lowest BCUT2D eigenvalue weighted by Gasteiger charge is -2.16. The van der Waals surface area contributed by atoms with Gasteiger partial charge < -0.3 is 0 Å². The topological polar surface area (TPSA) is 0 Å². The first kappa shape index (κ1) is 13.1. The van der Waals surface area contributed by atoms with Gasteiger partial charge in [0.2, 0.25) is 0 Å². The predicted octanol–water partition coefficient (Wildman–Crippen LogP) is 5.81. The maximum Gasteiger partial charge on any atom is 0.0758 e. The van der Waals surface area contributed by atoms with Gasteiger partial charge in [0.15, 0.2) is 0 Å². The number of benzene rings is 1. The Morgan fingerprint density at radius 2 is 1.76 bits per heavy atom. The number of hydrogen-bond acceptors (Lipinski definition) is 1. The van der Waals surface area contributed by atoms with Crippen LogP contribution < -0.4 is 0 Å². The molecule has 1 aromatic carbocycles. The third-order valence-corrected chi connectivity index (χ3v) is 5.51. The molecule has 0 N–H and O–H groups in total. The maximum atomic E-state index is 6.20. The average molecular weight is 330 g/mol. The summed E-state index contributed by atoms with van der Waals surface area (Å²) in [5, 5.41) is 2.88. The molecule has 90 valence electrons. The third-order valence-electron chi connectivity index (χ3n) is 2.87. The Morgan fingerprint density at radius 3 is 2.24 bits per heavy atom. The van der Waals surface area contributed by atoms with Gasteiger partial charge in [-0.3, -0.25) is 0 Å². The van der Waals surface area contributed by atoms with Crippen molar-refractivity contribution in [3.05, 3.63) is 55.7 Å². The minimum absolute atomic E-state index is 0.190. The van der Waals surface area contributed by atoms with Crippen molar-refractivity contribution in [2.24, 2.45) is 0 Å². The summed E-state index contributed by atoms with van der Waals surface area (Å²) in [6.07, 6.45) is 0. The molecular formula is C14H14BrClS. The van der Waals surface area contributed by atoms with E-state index in [1.807, 2.05) is 11.4 Å². The van der Waals surface area contributed by atoms with E-state index in [0.29, 0.717) is 0 Å². The normalized spacial score (nSPS) is 12.8. The molecule has 2 aromatic rings. The van der Waals surface area contributed by atoms with Gasteiger partial charge in [-0.2, -0.15) is 0 Å². The van der Waals surface area contributed by atoms with Crippen molar-refractivity contribution in [1.82, 2.24) is 0 Å². The second-order valence-corrected chi connectivity index (χ2v) is 6.58. The van der Waals surface area contributed by atoms with Crippen molar-refractivity contribution < 1.29 is 0 Å². The summed E-state index contributed by atoms with van der Waals surface area (Å²) in [6.45, 7) is 6.45. The van der Waals surface area contributed by atoms with E-state index in [1.165, 1.54) is 27.1 Å². The number of thiophene rings is 1. The molecule has 2 rings (SSSR count). The molecule has 0 saturated carbocycles. The molecule has 17 heavy (non-hydrogen) atoms. The zero-order valence-corrected chi connectivity index (χ0v) is 13.2. The molecule has 0 nitrogen and oxygen atoms in total. The van der Waals surface area contributed by atoms with Crippen LogP contribution in [0.1, 0.15) is 32.0 Å². The molecule has 0 amide bonds. The van der Waals surface area contributed by atoms with Gasteiger partial charge >= 0.3 is 0 Å². The Labute approximate surface area is 120 Å². The lowest BCUT2D eigenvalue weighted by Crippen LogP contribution is -1.98. The van der Waals surface area contributed by atoms with Gasteiger partial charge in [-0.25, -0.2) is 0 Å². The van der Waals surface area contributed by atoms with Crippen molar-refractivity contribution >= 4 is 38.9 Å². The predicted molar refractivity (Wildman–Crippen MR) is 80.8 cm³/mol. The second-order valence-electron chi connectivity index (χ2n) is 4.31. The molecule has 1 atom stereocenters. The minimum atomic E-state index is 0.190. The average Bonchev–Trinajstić information content (AvgIpc) is 2.62. The SMILES string of the molecule is Cc1cc(C)c(C(Br)c2sccc2Cl)c(C)c1. The first-order chi connectivity index (χ1) is 8.00. The first-order valence-corrected chi connectivity index (χ1v) is 7.62. The van der Waals surface area contributed by atoms with E-state index >= 15 is 0 Å². The molecule has 0 saturated heterocycles. The molecular weight excluding hydrogens is 316 g/mol. The molecule has 0 aliphatic heterocycles. The van der Waals surface area contributed by atoms with Crippen LogP contribution in [-0.2, 0) is 0 Å². The molecule has 1 aromatic heterocycles. The van der Waals surface area contributed by atoms with Crippen LogP contribution in [0.25, 0.3) is 0 Å². The summed E-state index contributed by atoms with van der Waals surface area (Å²) in [6, 6.07) is 6.39. The van der Waals surface area contributed by atoms with E-state index in [4.69, 9.17) is 11.6 Å². The molecule has 0 aliphatic carbocycles. The van der Waals surface area contributed by atoms with Crippen molar-refractivity contribution in [3.63, 3.8) is 0 Å². The van der Waals surface area contributed by atoms with Crippen LogP contribution in [0.2, 0.25) is 5.02 Å². The van der Waals surface area contributed by atoms with Crippen molar-refractivity contribution in [2.75, 3.05) is 0 Å². The number of aryl methyl sites for hydroxylation is 3. The highest BCUT2D eigenvalue weighted by atomic mass is 79.9. The minimum Gasteiger partial charge on any atom is -0.146 e. The monoisotopic (exact) mass is 328 g/mol. The molecule has 0 radical (unpaired) electrons. The van der Waals surface area contributed by atoms with Gasteiger partial charge in [0, 0.05) is 4.88 Å². The summed E-state index contributed by atoms with van der Waals surface area (Å²) in [5.74, 6) is 0. The first-order valence-electron chi connectivity index (χ1n) is 5.45. The summed E-state index contributed by atoms with van der Waals surface area (Å²) < 4.78 is 0. The van der Waals surface area contributed by atoms with E-state index in [0.717, 1.165) is 5.02 Å². The Morgan fingerprint density at radius 1 is 1.18 bits per heavy atom. The van der Waals surface area contributed by atoms with Gasteiger partial charge in [-0.15, -0.1) is 11.3 Å². The zero-order valence-electron chi connectivity index (χ0n) is 10.1. The Hall–Kier alpha value is -0.310. The van der Waals surface area contributed by atoms with Crippen molar-refractivity contribution in [3.8, 4) is 0 Å². The molecule has 0 bridgehead atoms. The molecule has 0 spiro atoms. The maximum absolute atomic E-state index is 6.20. The lowest BCUT2D eigenvalue weighted by atomic mass is 9.97. The van der Waals surface area contributed by atoms with Crippen LogP contribution in [-0.4, -0.2) is 0 Å². The molecule has 0 fully saturated rings. The summed E-state index contributed by atoms with van der Waals surface area (Å²) in [5.41, 5.74) is 5.27. The van der Waals surface area contributed by atoms with E-state index in [-0.39, 0.29) is 4.83 Å². The van der Waals surface area contributed by atoms with Gasteiger partial charge in [-0.1, -0.05) is 45.2 Å². The quantitative estimate of drug-likeness (QED) is 0.610. The standard InChI is InChI=1S/C14H14BrClS/c1-8-6-9(2)12(10(3)7-8)13(15)14-11(16)4-5-17-14/h4-7,13H,1-3H3. The van der Waals surface area contributed by atoms with Gasteiger partial charge in [-0.05, 0) is 48.9 Å². The fourth-order valence-electron chi connectivity index (χ4n) is 2.21. The van der Waals surface area contributed by atoms with E-state index in [1.54, 1.807) is 11.3 Å². The third kappa shape index (κ3) is 2.59. The highest BCUT2D eigenvalue weighted by Crippen LogP contribution is 2.41. The van der Waals surface area contributed by atoms with Crippen molar-refractivity contribution in [2.45, 2.75) is 25.6 Å². The van der Waals surface area contributed by atoms with Gasteiger partial charge in [0.25, 0.3) is 0 Å². The largest absolute Gasteiger partial charge is 0.146 e. The summed E-state index contributed by atoms with van der Waals surface area (Å²) in [7, 11) is 0. The second kappa shape index (κ2) is 5.13. The molecule has 0 aliphatic rings. The van der Waals surface area contributed by atoms with Crippen LogP contribution in [0.5, 0.6) is 0 Å². The number of halogens is 2. The Balaban J connectivity index is 2.51. The number of hydrogen-bond donors (Lipinski definition) is 0. The Kier molecular flexibility index (Phi) is 3.96. The van der Waals surface area contributed by atoms with Crippen LogP contribution in [0.3, 0.4) is 0 Å². The summed E-state index contributed by atoms with van der Waals surface area (Å²) >= 11 is 11.7. The molecule has 1 heterocycles. The molecule has 3 heteroatoms. The van der Waals surface area contributed by atoms with Crippen LogP contribution in [0.15, 0.2) is 23.6 Å². The summed E-state index contributed by atoms with van der Waals surface area (Å²) in [4.78, 5) is 1.37. The van der Waals surface area contributed by atoms with Crippen LogP contribution >= 0.6 is 38.9 Å². The highest BCUT2D eigenvalue weighted by Gasteiger charge is 2.19. The van der Waals surface area contributed by atoms with Gasteiger partial charge in [0.05, 0.1) is 9.85 Å². The van der Waals surface area contributed by atoms with E-state index in [2.05, 4.69) is 48.8 Å². The van der Waals surface area contributed by atoms with Crippen LogP contribution in [0, 0.1) is 20.8 Å². The van der Waals surface area contributed by atoms with Crippen molar-refractivity contribution in [1.29, 1.82) is 0 Å². The van der Waals surface area contributed by atoms with Gasteiger partial charge in [0.1, 0.15) is 0 Å². The smallest absolute Gasteiger partial charge is 0.0758 e. The fraction of sp³-hybridized carbons (Fsp3) is 0.286. The Bertz CT molecular complexity index is 522. The van der Waals surface area contributed by atoms with E-state index < -0.39 is 0 Å². The van der Waals surface area contributed by atoms with E-state index in [9.17, 15) is 0 Å². The highest BCUT2D eigenvalue weighted by molar-refractivity contribution is 9.09. The molecule has 1 unspecified atom stereocenters. The number of rotatable bonds is 2. The zero-order chi connectivity index (χ0) is 12.6. The van der Waals surface area contributed by atoms with Crippen LogP contribution in [0.4, 0.5) is 0 Å². The fourth-order valence-corrected chi connectivity index (χ4v) is 4.78. The lowest BCUT2D eigenvalue weighted by molar-refractivity contribution is 1.13. The number of alkyl halides is 1.